The molecule has 5 nitrogen and oxygen atoms in total. The number of carbonyl (C=O) groups is 1. The lowest BCUT2D eigenvalue weighted by atomic mass is 10.0. The van der Waals surface area contributed by atoms with Crippen LogP contribution in [0.4, 0.5) is 5.69 Å². The molecule has 0 saturated heterocycles. The first kappa shape index (κ1) is 20.8. The van der Waals surface area contributed by atoms with Crippen LogP contribution in [0.2, 0.25) is 0 Å². The second-order valence-corrected chi connectivity index (χ2v) is 7.88. The van der Waals surface area contributed by atoms with E-state index in [0.29, 0.717) is 19.6 Å². The fourth-order valence-corrected chi connectivity index (χ4v) is 3.84. The first-order valence-corrected chi connectivity index (χ1v) is 10.6. The summed E-state index contributed by atoms with van der Waals surface area (Å²) in [7, 11) is 1.64. The molecule has 1 atom stereocenters. The maximum Gasteiger partial charge on any atom is 0.222 e. The molecule has 1 heterocycles. The zero-order valence-corrected chi connectivity index (χ0v) is 18.0. The lowest BCUT2D eigenvalue weighted by Gasteiger charge is -2.38. The van der Waals surface area contributed by atoms with Crippen LogP contribution < -0.4 is 19.7 Å². The summed E-state index contributed by atoms with van der Waals surface area (Å²) >= 11 is 0. The van der Waals surface area contributed by atoms with Crippen LogP contribution in [0.5, 0.6) is 11.5 Å². The highest BCUT2D eigenvalue weighted by Crippen LogP contribution is 2.36. The van der Waals surface area contributed by atoms with Crippen LogP contribution in [0.1, 0.15) is 23.1 Å². The van der Waals surface area contributed by atoms with Crippen molar-refractivity contribution in [2.24, 2.45) is 0 Å². The van der Waals surface area contributed by atoms with E-state index in [1.807, 2.05) is 42.5 Å². The number of ether oxygens (including phenoxy) is 2. The van der Waals surface area contributed by atoms with E-state index in [2.05, 4.69) is 47.5 Å². The number of rotatable bonds is 7. The van der Waals surface area contributed by atoms with Gasteiger partial charge in [0.1, 0.15) is 18.1 Å². The van der Waals surface area contributed by atoms with Crippen LogP contribution in [0, 0.1) is 6.92 Å². The van der Waals surface area contributed by atoms with Crippen molar-refractivity contribution in [1.82, 2.24) is 5.32 Å². The number of nitrogens with one attached hydrogen (secondary N) is 1. The molecule has 1 N–H and O–H groups in total. The van der Waals surface area contributed by atoms with Gasteiger partial charge in [-0.2, -0.15) is 0 Å². The molecule has 0 bridgehead atoms. The third kappa shape index (κ3) is 5.18. The Balaban J connectivity index is 1.45. The fourth-order valence-electron chi connectivity index (χ4n) is 3.84. The smallest absolute Gasteiger partial charge is 0.222 e. The zero-order valence-electron chi connectivity index (χ0n) is 18.0. The minimum atomic E-state index is -0.0359. The molecule has 31 heavy (non-hydrogen) atoms. The summed E-state index contributed by atoms with van der Waals surface area (Å²) in [6, 6.07) is 24.3. The average Bonchev–Trinajstić information content (AvgIpc) is 2.80. The van der Waals surface area contributed by atoms with Gasteiger partial charge in [0.15, 0.2) is 0 Å². The molecular formula is C26H28N2O3. The first-order chi connectivity index (χ1) is 15.1. The van der Waals surface area contributed by atoms with Crippen LogP contribution in [-0.2, 0) is 17.9 Å². The van der Waals surface area contributed by atoms with E-state index in [9.17, 15) is 4.79 Å². The highest BCUT2D eigenvalue weighted by Gasteiger charge is 2.29. The fraction of sp³-hybridized carbons (Fsp3) is 0.269. The minimum Gasteiger partial charge on any atom is -0.497 e. The Morgan fingerprint density at radius 2 is 1.84 bits per heavy atom. The monoisotopic (exact) mass is 416 g/mol. The number of hydrogen-bond donors (Lipinski definition) is 1. The molecule has 1 aliphatic rings. The van der Waals surface area contributed by atoms with Crippen molar-refractivity contribution in [1.29, 1.82) is 0 Å². The van der Waals surface area contributed by atoms with Crippen LogP contribution in [-0.4, -0.2) is 25.7 Å². The van der Waals surface area contributed by atoms with Crippen LogP contribution in [0.15, 0.2) is 72.8 Å². The number of benzene rings is 3. The summed E-state index contributed by atoms with van der Waals surface area (Å²) in [6.07, 6.45) is 0.371. The predicted octanol–water partition coefficient (Wildman–Crippen LogP) is 4.48. The van der Waals surface area contributed by atoms with E-state index >= 15 is 0 Å². The van der Waals surface area contributed by atoms with Gasteiger partial charge in [-0.15, -0.1) is 0 Å². The Bertz CT molecular complexity index is 1020. The van der Waals surface area contributed by atoms with Crippen molar-refractivity contribution in [2.45, 2.75) is 32.5 Å². The largest absolute Gasteiger partial charge is 0.497 e. The molecule has 1 aliphatic heterocycles. The van der Waals surface area contributed by atoms with Crippen molar-refractivity contribution in [2.75, 3.05) is 18.6 Å². The van der Waals surface area contributed by atoms with Gasteiger partial charge >= 0.3 is 0 Å². The van der Waals surface area contributed by atoms with Gasteiger partial charge in [-0.1, -0.05) is 48.5 Å². The SMILES string of the molecule is COc1ccc(CNC(=O)C[C@@H]2COc3cc(C)ccc3N2Cc2ccccc2)cc1. The third-order valence-electron chi connectivity index (χ3n) is 5.56. The molecule has 0 fully saturated rings. The Labute approximate surface area is 183 Å². The number of carbonyl (C=O) groups excluding carboxylic acids is 1. The maximum atomic E-state index is 12.8. The summed E-state index contributed by atoms with van der Waals surface area (Å²) in [4.78, 5) is 15.0. The Hall–Kier alpha value is -3.47. The minimum absolute atomic E-state index is 0.0121. The predicted molar refractivity (Wildman–Crippen MR) is 123 cm³/mol. The quantitative estimate of drug-likeness (QED) is 0.617. The number of methoxy groups -OCH3 is 1. The third-order valence-corrected chi connectivity index (χ3v) is 5.56. The van der Waals surface area contributed by atoms with Crippen LogP contribution in [0.3, 0.4) is 0 Å². The number of fused-ring (bicyclic) bond motifs is 1. The van der Waals surface area contributed by atoms with Crippen molar-refractivity contribution in [3.63, 3.8) is 0 Å². The van der Waals surface area contributed by atoms with Crippen molar-refractivity contribution in [3.8, 4) is 11.5 Å². The van der Waals surface area contributed by atoms with Gasteiger partial charge in [-0.3, -0.25) is 4.79 Å². The molecule has 5 heteroatoms. The molecule has 0 saturated carbocycles. The lowest BCUT2D eigenvalue weighted by Crippen LogP contribution is -2.45. The van der Waals surface area contributed by atoms with Gasteiger partial charge in [0.05, 0.1) is 25.3 Å². The summed E-state index contributed by atoms with van der Waals surface area (Å²) in [5.41, 5.74) is 4.44. The number of hydrogen-bond acceptors (Lipinski definition) is 4. The van der Waals surface area contributed by atoms with E-state index in [0.717, 1.165) is 34.9 Å². The first-order valence-electron chi connectivity index (χ1n) is 10.6. The molecular weight excluding hydrogens is 388 g/mol. The average molecular weight is 417 g/mol. The van der Waals surface area contributed by atoms with Gasteiger partial charge in [-0.05, 0) is 47.9 Å². The summed E-state index contributed by atoms with van der Waals surface area (Å²) in [6.45, 7) is 3.77. The molecule has 0 aromatic heterocycles. The van der Waals surface area contributed by atoms with Gasteiger partial charge in [-0.25, -0.2) is 0 Å². The number of anilines is 1. The Morgan fingerprint density at radius 1 is 1.06 bits per heavy atom. The van der Waals surface area contributed by atoms with Gasteiger partial charge in [0.25, 0.3) is 0 Å². The molecule has 0 unspecified atom stereocenters. The zero-order chi connectivity index (χ0) is 21.6. The van der Waals surface area contributed by atoms with E-state index < -0.39 is 0 Å². The van der Waals surface area contributed by atoms with Crippen LogP contribution in [0.25, 0.3) is 0 Å². The van der Waals surface area contributed by atoms with Crippen molar-refractivity contribution in [3.05, 3.63) is 89.5 Å². The highest BCUT2D eigenvalue weighted by molar-refractivity contribution is 5.77. The number of amides is 1. The van der Waals surface area contributed by atoms with Gasteiger partial charge in [0, 0.05) is 13.1 Å². The maximum absolute atomic E-state index is 12.8. The molecule has 3 aromatic rings. The second kappa shape index (κ2) is 9.56. The second-order valence-electron chi connectivity index (χ2n) is 7.88. The molecule has 160 valence electrons. The molecule has 4 rings (SSSR count). The standard InChI is InChI=1S/C26H28N2O3/c1-19-8-13-24-25(14-19)31-18-22(28(24)17-21-6-4-3-5-7-21)15-26(29)27-16-20-9-11-23(30-2)12-10-20/h3-14,22H,15-18H2,1-2H3,(H,27,29)/t22-/m1/s1. The molecule has 0 spiro atoms. The normalized spacial score (nSPS) is 15.0. The van der Waals surface area contributed by atoms with E-state index in [1.54, 1.807) is 7.11 Å². The highest BCUT2D eigenvalue weighted by atomic mass is 16.5. The summed E-state index contributed by atoms with van der Waals surface area (Å²) in [5.74, 6) is 1.70. The summed E-state index contributed by atoms with van der Waals surface area (Å²) < 4.78 is 11.2. The molecule has 1 amide bonds. The Morgan fingerprint density at radius 3 is 2.58 bits per heavy atom. The van der Waals surface area contributed by atoms with Gasteiger partial charge < -0.3 is 19.7 Å². The van der Waals surface area contributed by atoms with E-state index in [1.165, 1.54) is 5.56 Å². The van der Waals surface area contributed by atoms with Crippen molar-refractivity contribution >= 4 is 11.6 Å². The molecule has 0 radical (unpaired) electrons. The number of aryl methyl sites for hydroxylation is 1. The summed E-state index contributed by atoms with van der Waals surface area (Å²) in [5, 5.41) is 3.04. The molecule has 0 aliphatic carbocycles. The molecule has 3 aromatic carbocycles. The van der Waals surface area contributed by atoms with Gasteiger partial charge in [0.2, 0.25) is 5.91 Å². The Kier molecular flexibility index (Phi) is 6.41. The topological polar surface area (TPSA) is 50.8 Å². The van der Waals surface area contributed by atoms with E-state index in [4.69, 9.17) is 9.47 Å². The van der Waals surface area contributed by atoms with Crippen LogP contribution >= 0.6 is 0 Å². The van der Waals surface area contributed by atoms with E-state index in [-0.39, 0.29) is 11.9 Å². The number of nitrogens with zero attached hydrogens (tertiary/aromatic N) is 1. The van der Waals surface area contributed by atoms with Crippen molar-refractivity contribution < 1.29 is 14.3 Å². The lowest BCUT2D eigenvalue weighted by molar-refractivity contribution is -0.121.